The maximum atomic E-state index is 9.82. The van der Waals surface area contributed by atoms with Gasteiger partial charge in [-0.05, 0) is 6.07 Å². The first-order valence-corrected chi connectivity index (χ1v) is 2.44. The normalized spacial score (nSPS) is 9.12. The Morgan fingerprint density at radius 1 is 1.75 bits per heavy atom. The van der Waals surface area contributed by atoms with Gasteiger partial charge in [0.2, 0.25) is 0 Å². The highest BCUT2D eigenvalue weighted by molar-refractivity contribution is 7.80. The first-order valence-electron chi connectivity index (χ1n) is 1.99. The van der Waals surface area contributed by atoms with Crippen molar-refractivity contribution in [3.05, 3.63) is 18.1 Å². The molecule has 0 fully saturated rings. The Morgan fingerprint density at radius 2 is 2.50 bits per heavy atom. The van der Waals surface area contributed by atoms with Crippen molar-refractivity contribution >= 4 is 18.9 Å². The molecule has 0 amide bonds. The van der Waals surface area contributed by atoms with Crippen LogP contribution in [0.2, 0.25) is 0 Å². The van der Waals surface area contributed by atoms with E-state index in [4.69, 9.17) is 0 Å². The molecular formula is C5H3O2S. The number of hydrogen-bond acceptors (Lipinski definition) is 3. The summed E-state index contributed by atoms with van der Waals surface area (Å²) < 4.78 is 4.61. The molecule has 8 heavy (non-hydrogen) atoms. The van der Waals surface area contributed by atoms with Crippen LogP contribution in [0.1, 0.15) is 5.76 Å². The van der Waals surface area contributed by atoms with E-state index >= 15 is 0 Å². The van der Waals surface area contributed by atoms with Gasteiger partial charge in [-0.2, -0.15) is 0 Å². The first-order chi connectivity index (χ1) is 3.84. The highest BCUT2D eigenvalue weighted by Crippen LogP contribution is 2.10. The Labute approximate surface area is 51.9 Å². The van der Waals surface area contributed by atoms with Crippen LogP contribution in [-0.4, -0.2) is 6.29 Å². The average Bonchev–Trinajstić information content (AvgIpc) is 2.14. The summed E-state index contributed by atoms with van der Waals surface area (Å²) in [4.78, 5) is 10.3. The number of thiol groups is 1. The number of furan rings is 1. The monoisotopic (exact) mass is 127 g/mol. The van der Waals surface area contributed by atoms with Crippen LogP contribution >= 0.6 is 12.6 Å². The fourth-order valence-corrected chi connectivity index (χ4v) is 0.538. The standard InChI is InChI=1S/C5H3O2S/c6-3-4-5(8)1-2-7-4/h1-2,8H. The Morgan fingerprint density at radius 3 is 2.75 bits per heavy atom. The van der Waals surface area contributed by atoms with Crippen LogP contribution in [0.15, 0.2) is 21.6 Å². The van der Waals surface area contributed by atoms with Crippen LogP contribution < -0.4 is 0 Å². The van der Waals surface area contributed by atoms with Crippen molar-refractivity contribution in [3.8, 4) is 0 Å². The molecule has 3 heteroatoms. The molecule has 0 bridgehead atoms. The van der Waals surface area contributed by atoms with Gasteiger partial charge in [0.25, 0.3) is 6.29 Å². The highest BCUT2D eigenvalue weighted by atomic mass is 32.1. The van der Waals surface area contributed by atoms with Gasteiger partial charge in [0, 0.05) is 0 Å². The zero-order chi connectivity index (χ0) is 5.98. The lowest BCUT2D eigenvalue weighted by molar-refractivity contribution is 0.514. The van der Waals surface area contributed by atoms with Crippen LogP contribution in [0, 0.1) is 0 Å². The van der Waals surface area contributed by atoms with Crippen molar-refractivity contribution in [3.63, 3.8) is 0 Å². The molecule has 0 saturated heterocycles. The molecule has 0 atom stereocenters. The summed E-state index contributed by atoms with van der Waals surface area (Å²) in [6.45, 7) is 0. The minimum Gasteiger partial charge on any atom is -0.459 e. The summed E-state index contributed by atoms with van der Waals surface area (Å²) in [6.07, 6.45) is 2.97. The van der Waals surface area contributed by atoms with Crippen molar-refractivity contribution in [1.82, 2.24) is 0 Å². The van der Waals surface area contributed by atoms with Gasteiger partial charge in [0.05, 0.1) is 11.2 Å². The number of rotatable bonds is 1. The zero-order valence-corrected chi connectivity index (χ0v) is 4.81. The van der Waals surface area contributed by atoms with E-state index in [1.54, 1.807) is 12.4 Å². The minimum absolute atomic E-state index is 0.160. The summed E-state index contributed by atoms with van der Waals surface area (Å²) in [6, 6.07) is 1.59. The number of hydrogen-bond donors (Lipinski definition) is 1. The summed E-state index contributed by atoms with van der Waals surface area (Å²) in [5, 5.41) is 0. The lowest BCUT2D eigenvalue weighted by atomic mass is 10.5. The van der Waals surface area contributed by atoms with Gasteiger partial charge in [0.1, 0.15) is 0 Å². The molecule has 1 heterocycles. The van der Waals surface area contributed by atoms with Gasteiger partial charge in [-0.15, -0.1) is 12.6 Å². The lowest BCUT2D eigenvalue weighted by Crippen LogP contribution is -1.71. The Kier molecular flexibility index (Phi) is 1.39. The molecular weight excluding hydrogens is 124 g/mol. The molecule has 1 rings (SSSR count). The quantitative estimate of drug-likeness (QED) is 0.571. The SMILES string of the molecule is O=[C]c1occc1S. The second-order valence-corrected chi connectivity index (χ2v) is 1.72. The third-order valence-electron chi connectivity index (χ3n) is 0.737. The van der Waals surface area contributed by atoms with Crippen LogP contribution in [0.3, 0.4) is 0 Å². The molecule has 0 aliphatic heterocycles. The zero-order valence-electron chi connectivity index (χ0n) is 3.92. The predicted molar refractivity (Wildman–Crippen MR) is 30.8 cm³/mol. The topological polar surface area (TPSA) is 30.2 Å². The molecule has 0 aliphatic rings. The third-order valence-corrected chi connectivity index (χ3v) is 1.09. The molecule has 1 aromatic heterocycles. The largest absolute Gasteiger partial charge is 0.459 e. The smallest absolute Gasteiger partial charge is 0.273 e. The molecule has 0 unspecified atom stereocenters. The van der Waals surface area contributed by atoms with Gasteiger partial charge in [-0.1, -0.05) is 0 Å². The molecule has 0 aliphatic carbocycles. The predicted octanol–water partition coefficient (Wildman–Crippen LogP) is 1.03. The minimum atomic E-state index is 0.160. The van der Waals surface area contributed by atoms with E-state index < -0.39 is 0 Å². The first kappa shape index (κ1) is 5.44. The van der Waals surface area contributed by atoms with E-state index in [-0.39, 0.29) is 5.76 Å². The fourth-order valence-electron chi connectivity index (χ4n) is 0.379. The van der Waals surface area contributed by atoms with Gasteiger partial charge in [-0.25, -0.2) is 0 Å². The van der Waals surface area contributed by atoms with E-state index in [1.165, 1.54) is 6.26 Å². The molecule has 1 radical (unpaired) electrons. The molecule has 1 aromatic rings. The third kappa shape index (κ3) is 0.767. The molecule has 0 saturated carbocycles. The van der Waals surface area contributed by atoms with Crippen LogP contribution in [0.4, 0.5) is 0 Å². The lowest BCUT2D eigenvalue weighted by Gasteiger charge is -1.76. The summed E-state index contributed by atoms with van der Waals surface area (Å²) in [7, 11) is 0. The van der Waals surface area contributed by atoms with Crippen molar-refractivity contribution < 1.29 is 9.21 Å². The van der Waals surface area contributed by atoms with Gasteiger partial charge < -0.3 is 4.42 Å². The second kappa shape index (κ2) is 2.05. The van der Waals surface area contributed by atoms with Crippen LogP contribution in [0.25, 0.3) is 0 Å². The maximum Gasteiger partial charge on any atom is 0.273 e. The van der Waals surface area contributed by atoms with Crippen molar-refractivity contribution in [2.24, 2.45) is 0 Å². The fraction of sp³-hybridized carbons (Fsp3) is 0. The van der Waals surface area contributed by atoms with E-state index in [1.807, 2.05) is 0 Å². The van der Waals surface area contributed by atoms with E-state index in [9.17, 15) is 4.79 Å². The molecule has 2 nitrogen and oxygen atoms in total. The van der Waals surface area contributed by atoms with E-state index in [2.05, 4.69) is 17.0 Å². The van der Waals surface area contributed by atoms with Crippen LogP contribution in [0.5, 0.6) is 0 Å². The van der Waals surface area contributed by atoms with Gasteiger partial charge in [-0.3, -0.25) is 4.79 Å². The van der Waals surface area contributed by atoms with Crippen LogP contribution in [-0.2, 0) is 4.79 Å². The second-order valence-electron chi connectivity index (χ2n) is 1.24. The van der Waals surface area contributed by atoms with Crippen molar-refractivity contribution in [2.45, 2.75) is 4.90 Å². The van der Waals surface area contributed by atoms with Gasteiger partial charge in [0.15, 0.2) is 5.76 Å². The summed E-state index contributed by atoms with van der Waals surface area (Å²) in [5.74, 6) is 0.160. The molecule has 0 spiro atoms. The maximum absolute atomic E-state index is 9.82. The summed E-state index contributed by atoms with van der Waals surface area (Å²) in [5.41, 5.74) is 0. The molecule has 0 N–H and O–H groups in total. The summed E-state index contributed by atoms with van der Waals surface area (Å²) >= 11 is 3.87. The van der Waals surface area contributed by atoms with Crippen molar-refractivity contribution in [1.29, 1.82) is 0 Å². The Balaban J connectivity index is 3.09. The van der Waals surface area contributed by atoms with Crippen molar-refractivity contribution in [2.75, 3.05) is 0 Å². The van der Waals surface area contributed by atoms with E-state index in [0.717, 1.165) is 0 Å². The Hall–Kier alpha value is -0.700. The molecule has 0 aromatic carbocycles. The molecule has 41 valence electrons. The Bertz CT molecular complexity index is 192. The van der Waals surface area contributed by atoms with Gasteiger partial charge >= 0.3 is 0 Å². The van der Waals surface area contributed by atoms with E-state index in [0.29, 0.717) is 4.90 Å². The number of carbonyl (C=O) groups excluding carboxylic acids is 1. The average molecular weight is 127 g/mol. The highest BCUT2D eigenvalue weighted by Gasteiger charge is 1.98.